The fourth-order valence-electron chi connectivity index (χ4n) is 3.70. The van der Waals surface area contributed by atoms with Crippen molar-refractivity contribution < 1.29 is 19.0 Å². The molecule has 1 aromatic rings. The van der Waals surface area contributed by atoms with E-state index in [4.69, 9.17) is 19.2 Å². The van der Waals surface area contributed by atoms with E-state index < -0.39 is 5.79 Å². The summed E-state index contributed by atoms with van der Waals surface area (Å²) in [6.45, 7) is 10.5. The van der Waals surface area contributed by atoms with Crippen LogP contribution in [0.25, 0.3) is 6.08 Å². The fraction of sp³-hybridized carbons (Fsp3) is 0.667. The molecule has 1 saturated heterocycles. The number of nitrogens with zero attached hydrogens (tertiary/aromatic N) is 1. The van der Waals surface area contributed by atoms with Crippen LogP contribution in [-0.4, -0.2) is 35.6 Å². The number of rotatable bonds is 11. The van der Waals surface area contributed by atoms with Crippen molar-refractivity contribution in [1.29, 1.82) is 0 Å². The molecule has 1 aliphatic rings. The largest absolute Gasteiger partial charge is 0.463 e. The normalized spacial score (nSPS) is 22.6. The van der Waals surface area contributed by atoms with Gasteiger partial charge in [0, 0.05) is 23.3 Å². The molecule has 0 unspecified atom stereocenters. The van der Waals surface area contributed by atoms with Gasteiger partial charge in [-0.15, -0.1) is 11.3 Å². The molecule has 0 radical (unpaired) electrons. The van der Waals surface area contributed by atoms with Gasteiger partial charge in [-0.1, -0.05) is 55.7 Å². The standard InChI is InChI=1S/C24H36INO4S/c1-6-8-9-10-11-18(23(27)28-7-2)14-19-16-31-22(26-19)17(3)21-15-20(12-13-25)29-24(4,5)30-21/h12-14,16-17,20-21H,6-11,15H2,1-5H3/b13-12+,18-14+/t17-,20-,21+/m1/s1. The maximum atomic E-state index is 12.4. The third-order valence-corrected chi connectivity index (χ3v) is 6.75. The second-order valence-electron chi connectivity index (χ2n) is 8.37. The molecule has 0 bridgehead atoms. The monoisotopic (exact) mass is 561 g/mol. The van der Waals surface area contributed by atoms with Gasteiger partial charge in [0.25, 0.3) is 0 Å². The van der Waals surface area contributed by atoms with Crippen LogP contribution in [0.1, 0.15) is 89.8 Å². The van der Waals surface area contributed by atoms with Crippen LogP contribution < -0.4 is 0 Å². The summed E-state index contributed by atoms with van der Waals surface area (Å²) in [7, 11) is 0. The molecule has 2 heterocycles. The molecule has 3 atom stereocenters. The first-order chi connectivity index (χ1) is 14.8. The van der Waals surface area contributed by atoms with Gasteiger partial charge in [-0.2, -0.15) is 0 Å². The van der Waals surface area contributed by atoms with Crippen molar-refractivity contribution in [1.82, 2.24) is 4.98 Å². The molecular formula is C24H36INO4S. The maximum absolute atomic E-state index is 12.4. The Morgan fingerprint density at radius 2 is 2.13 bits per heavy atom. The van der Waals surface area contributed by atoms with Crippen LogP contribution in [0, 0.1) is 0 Å². The number of hydrogen-bond donors (Lipinski definition) is 0. The highest BCUT2D eigenvalue weighted by Gasteiger charge is 2.38. The van der Waals surface area contributed by atoms with E-state index in [1.165, 1.54) is 12.8 Å². The van der Waals surface area contributed by atoms with E-state index in [9.17, 15) is 4.79 Å². The van der Waals surface area contributed by atoms with Gasteiger partial charge < -0.3 is 14.2 Å². The zero-order chi connectivity index (χ0) is 22.9. The number of aromatic nitrogens is 1. The summed E-state index contributed by atoms with van der Waals surface area (Å²) in [5.74, 6) is -0.728. The number of unbranched alkanes of at least 4 members (excludes halogenated alkanes) is 3. The molecular weight excluding hydrogens is 525 g/mol. The molecule has 31 heavy (non-hydrogen) atoms. The topological polar surface area (TPSA) is 57.7 Å². The molecule has 1 aliphatic heterocycles. The van der Waals surface area contributed by atoms with Crippen molar-refractivity contribution in [3.8, 4) is 0 Å². The van der Waals surface area contributed by atoms with Crippen LogP contribution in [0.15, 0.2) is 21.1 Å². The lowest BCUT2D eigenvalue weighted by atomic mass is 9.97. The number of carbonyl (C=O) groups is 1. The highest BCUT2D eigenvalue weighted by molar-refractivity contribution is 14.1. The molecule has 7 heteroatoms. The van der Waals surface area contributed by atoms with Crippen molar-refractivity contribution >= 4 is 46.0 Å². The van der Waals surface area contributed by atoms with Gasteiger partial charge in [0.1, 0.15) is 0 Å². The number of ether oxygens (including phenoxy) is 3. The average molecular weight is 562 g/mol. The van der Waals surface area contributed by atoms with E-state index in [-0.39, 0.29) is 24.1 Å². The highest BCUT2D eigenvalue weighted by Crippen LogP contribution is 2.36. The van der Waals surface area contributed by atoms with E-state index in [2.05, 4.69) is 42.5 Å². The minimum absolute atomic E-state index is 0.0166. The summed E-state index contributed by atoms with van der Waals surface area (Å²) in [6.07, 6.45) is 10.0. The van der Waals surface area contributed by atoms with Crippen LogP contribution in [-0.2, 0) is 19.0 Å². The zero-order valence-corrected chi connectivity index (χ0v) is 22.3. The van der Waals surface area contributed by atoms with Crippen LogP contribution in [0.2, 0.25) is 0 Å². The highest BCUT2D eigenvalue weighted by atomic mass is 127. The summed E-state index contributed by atoms with van der Waals surface area (Å²) in [6, 6.07) is 0. The Hall–Kier alpha value is -0.770. The molecule has 2 rings (SSSR count). The van der Waals surface area contributed by atoms with Crippen LogP contribution >= 0.6 is 33.9 Å². The Balaban J connectivity index is 2.13. The number of esters is 1. The van der Waals surface area contributed by atoms with Crippen molar-refractivity contribution in [3.63, 3.8) is 0 Å². The Labute approximate surface area is 204 Å². The Morgan fingerprint density at radius 1 is 1.35 bits per heavy atom. The number of carbonyl (C=O) groups excluding carboxylic acids is 1. The first-order valence-electron chi connectivity index (χ1n) is 11.2. The molecule has 0 aromatic carbocycles. The summed E-state index contributed by atoms with van der Waals surface area (Å²) < 4.78 is 19.5. The lowest BCUT2D eigenvalue weighted by molar-refractivity contribution is -0.293. The van der Waals surface area contributed by atoms with E-state index >= 15 is 0 Å². The molecule has 0 spiro atoms. The van der Waals surface area contributed by atoms with E-state index in [1.54, 1.807) is 11.3 Å². The third-order valence-electron chi connectivity index (χ3n) is 5.27. The summed E-state index contributed by atoms with van der Waals surface area (Å²) in [4.78, 5) is 17.2. The van der Waals surface area contributed by atoms with Crippen LogP contribution in [0.3, 0.4) is 0 Å². The molecule has 1 aromatic heterocycles. The molecule has 0 aliphatic carbocycles. The molecule has 0 N–H and O–H groups in total. The van der Waals surface area contributed by atoms with Crippen molar-refractivity contribution in [3.05, 3.63) is 31.8 Å². The minimum atomic E-state index is -0.631. The fourth-order valence-corrected chi connectivity index (χ4v) is 5.05. The Bertz CT molecular complexity index is 759. The predicted octanol–water partition coefficient (Wildman–Crippen LogP) is 7.02. The van der Waals surface area contributed by atoms with Crippen LogP contribution in [0.5, 0.6) is 0 Å². The van der Waals surface area contributed by atoms with Gasteiger partial charge in [0.15, 0.2) is 5.79 Å². The predicted molar refractivity (Wildman–Crippen MR) is 135 cm³/mol. The lowest BCUT2D eigenvalue weighted by Crippen LogP contribution is -2.45. The smallest absolute Gasteiger partial charge is 0.334 e. The van der Waals surface area contributed by atoms with E-state index in [0.29, 0.717) is 12.2 Å². The second-order valence-corrected chi connectivity index (χ2v) is 9.98. The Kier molecular flexibility index (Phi) is 11.2. The lowest BCUT2D eigenvalue weighted by Gasteiger charge is -2.41. The van der Waals surface area contributed by atoms with Gasteiger partial charge in [-0.25, -0.2) is 9.78 Å². The molecule has 5 nitrogen and oxygen atoms in total. The zero-order valence-electron chi connectivity index (χ0n) is 19.4. The number of halogens is 1. The average Bonchev–Trinajstić information content (AvgIpc) is 3.17. The number of thiazole rings is 1. The van der Waals surface area contributed by atoms with Gasteiger partial charge in [-0.05, 0) is 49.8 Å². The van der Waals surface area contributed by atoms with Gasteiger partial charge >= 0.3 is 5.97 Å². The minimum Gasteiger partial charge on any atom is -0.463 e. The van der Waals surface area contributed by atoms with Crippen molar-refractivity contribution in [2.75, 3.05) is 6.61 Å². The van der Waals surface area contributed by atoms with Gasteiger partial charge in [0.05, 0.1) is 29.5 Å². The Morgan fingerprint density at radius 3 is 2.81 bits per heavy atom. The molecule has 1 fully saturated rings. The quantitative estimate of drug-likeness (QED) is 0.126. The van der Waals surface area contributed by atoms with Crippen molar-refractivity contribution in [2.24, 2.45) is 0 Å². The molecule has 0 saturated carbocycles. The first-order valence-corrected chi connectivity index (χ1v) is 13.4. The van der Waals surface area contributed by atoms with E-state index in [1.807, 2.05) is 36.3 Å². The van der Waals surface area contributed by atoms with Crippen molar-refractivity contribution in [2.45, 2.75) is 97.1 Å². The maximum Gasteiger partial charge on any atom is 0.334 e. The van der Waals surface area contributed by atoms with Crippen LogP contribution in [0.4, 0.5) is 0 Å². The van der Waals surface area contributed by atoms with E-state index in [0.717, 1.165) is 36.4 Å². The van der Waals surface area contributed by atoms with Gasteiger partial charge in [0.2, 0.25) is 0 Å². The third kappa shape index (κ3) is 8.59. The molecule has 0 amide bonds. The summed E-state index contributed by atoms with van der Waals surface area (Å²) in [5, 5.41) is 3.03. The summed E-state index contributed by atoms with van der Waals surface area (Å²) >= 11 is 3.84. The first kappa shape index (κ1) is 26.5. The molecule has 174 valence electrons. The van der Waals surface area contributed by atoms with Gasteiger partial charge in [-0.3, -0.25) is 0 Å². The summed E-state index contributed by atoms with van der Waals surface area (Å²) in [5.41, 5.74) is 1.53. The number of hydrogen-bond acceptors (Lipinski definition) is 6. The second kappa shape index (κ2) is 13.1. The SMILES string of the molecule is CCCCCC/C(=C\c1csc([C@H](C)[C@@H]2C[C@@H](/C=C/I)OC(C)(C)O2)n1)C(=O)OCC.